The number of fused-ring (bicyclic) bond motifs is 1. The molecule has 0 saturated carbocycles. The summed E-state index contributed by atoms with van der Waals surface area (Å²) in [7, 11) is -5.87. The molecule has 8 nitrogen and oxygen atoms in total. The van der Waals surface area contributed by atoms with Crippen molar-refractivity contribution in [3.8, 4) is 5.88 Å². The molecule has 0 aromatic carbocycles. The fourth-order valence-electron chi connectivity index (χ4n) is 1.85. The number of nitrogens with zero attached hydrogens (tertiary/aromatic N) is 3. The van der Waals surface area contributed by atoms with E-state index in [0.29, 0.717) is 0 Å². The highest BCUT2D eigenvalue weighted by Gasteiger charge is 2.49. The number of hydrogen-bond acceptors (Lipinski definition) is 7. The lowest BCUT2D eigenvalue weighted by molar-refractivity contribution is -0.0502. The van der Waals surface area contributed by atoms with Gasteiger partial charge in [0.2, 0.25) is 5.88 Å². The molecule has 1 aliphatic heterocycles. The molecule has 2 rings (SSSR count). The van der Waals surface area contributed by atoms with Crippen LogP contribution in [0.4, 0.5) is 18.0 Å². The summed E-state index contributed by atoms with van der Waals surface area (Å²) < 4.78 is 63.8. The number of aromatic nitrogens is 2. The van der Waals surface area contributed by atoms with Gasteiger partial charge in [-0.3, -0.25) is 0 Å². The van der Waals surface area contributed by atoms with Gasteiger partial charge in [0.15, 0.2) is 5.16 Å². The average Bonchev–Trinajstić information content (AvgIpc) is 2.44. The molecule has 0 atom stereocenters. The number of amides is 1. The Morgan fingerprint density at radius 1 is 1.39 bits per heavy atom. The van der Waals surface area contributed by atoms with Crippen LogP contribution in [-0.4, -0.2) is 52.8 Å². The average molecular weight is 373 g/mol. The molecule has 128 valence electrons. The maximum Gasteiger partial charge on any atom is 0.534 e. The number of halogens is 3. The zero-order valence-electron chi connectivity index (χ0n) is 11.5. The Labute approximate surface area is 132 Å². The molecule has 2 heterocycles. The van der Waals surface area contributed by atoms with E-state index in [1.807, 2.05) is 0 Å². The van der Waals surface area contributed by atoms with Crippen molar-refractivity contribution in [1.29, 1.82) is 0 Å². The lowest BCUT2D eigenvalue weighted by Crippen LogP contribution is -2.36. The monoisotopic (exact) mass is 373 g/mol. The Balaban J connectivity index is 2.46. The van der Waals surface area contributed by atoms with Gasteiger partial charge in [-0.15, -0.1) is 0 Å². The van der Waals surface area contributed by atoms with Gasteiger partial charge in [-0.25, -0.2) is 9.78 Å². The van der Waals surface area contributed by atoms with Gasteiger partial charge in [-0.1, -0.05) is 11.8 Å². The summed E-state index contributed by atoms with van der Waals surface area (Å²) in [6, 6.07) is 0. The topological polar surface area (TPSA) is 110 Å². The van der Waals surface area contributed by atoms with Gasteiger partial charge >= 0.3 is 21.7 Å². The molecule has 0 aliphatic carbocycles. The number of alkyl halides is 3. The molecule has 13 heteroatoms. The molecule has 0 unspecified atom stereocenters. The standard InChI is InChI=1S/C10H10F3N3O5S2/c1-22-8-14-6-4-16(9(17)18)3-2-5(6)7(15-8)21-23(19,20)10(11,12)13/h2-4H2,1H3,(H,17,18). The van der Waals surface area contributed by atoms with Gasteiger partial charge in [0, 0.05) is 12.1 Å². The minimum absolute atomic E-state index is 0.0247. The normalized spacial score (nSPS) is 15.2. The fraction of sp³-hybridized carbons (Fsp3) is 0.500. The second-order valence-corrected chi connectivity index (χ2v) is 6.69. The summed E-state index contributed by atoms with van der Waals surface area (Å²) >= 11 is 0.955. The second-order valence-electron chi connectivity index (χ2n) is 4.38. The minimum Gasteiger partial charge on any atom is -0.465 e. The molecule has 1 amide bonds. The van der Waals surface area contributed by atoms with Gasteiger partial charge in [0.1, 0.15) is 0 Å². The third kappa shape index (κ3) is 3.60. The van der Waals surface area contributed by atoms with Crippen LogP contribution in [0.2, 0.25) is 0 Å². The van der Waals surface area contributed by atoms with Crippen LogP contribution < -0.4 is 4.18 Å². The van der Waals surface area contributed by atoms with Gasteiger partial charge < -0.3 is 14.2 Å². The van der Waals surface area contributed by atoms with E-state index in [2.05, 4.69) is 14.2 Å². The molecule has 1 N–H and O–H groups in total. The lowest BCUT2D eigenvalue weighted by Gasteiger charge is -2.26. The van der Waals surface area contributed by atoms with Gasteiger partial charge in [-0.2, -0.15) is 26.6 Å². The fourth-order valence-corrected chi connectivity index (χ4v) is 2.66. The number of thioether (sulfide) groups is 1. The van der Waals surface area contributed by atoms with E-state index in [0.717, 1.165) is 16.7 Å². The molecule has 0 spiro atoms. The number of carboxylic acid groups (broad SMARTS) is 1. The van der Waals surface area contributed by atoms with Crippen molar-refractivity contribution < 1.29 is 35.7 Å². The first kappa shape index (κ1) is 17.6. The van der Waals surface area contributed by atoms with Gasteiger partial charge in [-0.05, 0) is 12.7 Å². The molecular formula is C10H10F3N3O5S2. The maximum absolute atomic E-state index is 12.5. The molecule has 0 fully saturated rings. The number of carbonyl (C=O) groups is 1. The SMILES string of the molecule is CSc1nc2c(c(OS(=O)(=O)C(F)(F)F)n1)CCN(C(=O)O)C2. The highest BCUT2D eigenvalue weighted by Crippen LogP contribution is 2.32. The quantitative estimate of drug-likeness (QED) is 0.367. The van der Waals surface area contributed by atoms with Crippen LogP contribution in [0.25, 0.3) is 0 Å². The molecule has 0 saturated heterocycles. The van der Waals surface area contributed by atoms with Crippen molar-refractivity contribution in [1.82, 2.24) is 14.9 Å². The molecule has 1 aromatic heterocycles. The van der Waals surface area contributed by atoms with E-state index in [-0.39, 0.29) is 35.9 Å². The Hall–Kier alpha value is -1.76. The van der Waals surface area contributed by atoms with Gasteiger partial charge in [0.05, 0.1) is 12.2 Å². The zero-order valence-corrected chi connectivity index (χ0v) is 13.1. The second kappa shape index (κ2) is 6.03. The Kier molecular flexibility index (Phi) is 4.61. The number of hydrogen-bond donors (Lipinski definition) is 1. The largest absolute Gasteiger partial charge is 0.534 e. The lowest BCUT2D eigenvalue weighted by atomic mass is 10.1. The maximum atomic E-state index is 12.5. The zero-order chi connectivity index (χ0) is 17.4. The minimum atomic E-state index is -5.87. The molecule has 1 aliphatic rings. The van der Waals surface area contributed by atoms with Gasteiger partial charge in [0.25, 0.3) is 0 Å². The Bertz CT molecular complexity index is 738. The van der Waals surface area contributed by atoms with Crippen molar-refractivity contribution in [3.05, 3.63) is 11.3 Å². The van der Waals surface area contributed by atoms with E-state index in [9.17, 15) is 26.4 Å². The molecule has 23 heavy (non-hydrogen) atoms. The van der Waals surface area contributed by atoms with E-state index in [1.165, 1.54) is 6.26 Å². The molecule has 1 aromatic rings. The predicted octanol–water partition coefficient (Wildman–Crippen LogP) is 1.46. The van der Waals surface area contributed by atoms with Crippen LogP contribution in [0, 0.1) is 0 Å². The summed E-state index contributed by atoms with van der Waals surface area (Å²) in [5.74, 6) is -0.721. The van der Waals surface area contributed by atoms with E-state index in [1.54, 1.807) is 0 Å². The van der Waals surface area contributed by atoms with Crippen molar-refractivity contribution >= 4 is 28.0 Å². The first-order valence-electron chi connectivity index (χ1n) is 5.97. The van der Waals surface area contributed by atoms with Crippen LogP contribution in [0.15, 0.2) is 5.16 Å². The van der Waals surface area contributed by atoms with E-state index in [4.69, 9.17) is 5.11 Å². The van der Waals surface area contributed by atoms with Crippen LogP contribution in [0.1, 0.15) is 11.3 Å². The third-order valence-electron chi connectivity index (χ3n) is 2.93. The van der Waals surface area contributed by atoms with Crippen LogP contribution in [0.5, 0.6) is 5.88 Å². The van der Waals surface area contributed by atoms with Crippen molar-refractivity contribution in [3.63, 3.8) is 0 Å². The van der Waals surface area contributed by atoms with Crippen molar-refractivity contribution in [2.45, 2.75) is 23.6 Å². The van der Waals surface area contributed by atoms with Crippen LogP contribution in [0.3, 0.4) is 0 Å². The summed E-state index contributed by atoms with van der Waals surface area (Å²) in [4.78, 5) is 19.6. The highest BCUT2D eigenvalue weighted by molar-refractivity contribution is 7.98. The summed E-state index contributed by atoms with van der Waals surface area (Å²) in [6.07, 6.45) is 0.256. The summed E-state index contributed by atoms with van der Waals surface area (Å²) in [6.45, 7) is -0.226. The predicted molar refractivity (Wildman–Crippen MR) is 71.6 cm³/mol. The Morgan fingerprint density at radius 3 is 2.57 bits per heavy atom. The van der Waals surface area contributed by atoms with E-state index >= 15 is 0 Å². The highest BCUT2D eigenvalue weighted by atomic mass is 32.2. The number of rotatable bonds is 3. The van der Waals surface area contributed by atoms with Crippen molar-refractivity contribution in [2.75, 3.05) is 12.8 Å². The van der Waals surface area contributed by atoms with Crippen LogP contribution in [-0.2, 0) is 23.1 Å². The van der Waals surface area contributed by atoms with Crippen LogP contribution >= 0.6 is 11.8 Å². The first-order chi connectivity index (χ1) is 10.5. The van der Waals surface area contributed by atoms with Crippen molar-refractivity contribution in [2.24, 2.45) is 0 Å². The molecule has 0 bridgehead atoms. The van der Waals surface area contributed by atoms with E-state index < -0.39 is 27.6 Å². The molecule has 0 radical (unpaired) electrons. The summed E-state index contributed by atoms with van der Waals surface area (Å²) in [5, 5.41) is 8.93. The smallest absolute Gasteiger partial charge is 0.465 e. The first-order valence-corrected chi connectivity index (χ1v) is 8.61. The Morgan fingerprint density at radius 2 is 2.04 bits per heavy atom. The third-order valence-corrected chi connectivity index (χ3v) is 4.42. The molecular weight excluding hydrogens is 363 g/mol. The summed E-state index contributed by atoms with van der Waals surface area (Å²) in [5.41, 5.74) is -5.43.